The quantitative estimate of drug-likeness (QED) is 0.665. The van der Waals surface area contributed by atoms with E-state index in [0.29, 0.717) is 55.5 Å². The highest BCUT2D eigenvalue weighted by Crippen LogP contribution is 2.25. The van der Waals surface area contributed by atoms with Crippen molar-refractivity contribution in [3.05, 3.63) is 40.5 Å². The predicted molar refractivity (Wildman–Crippen MR) is 114 cm³/mol. The summed E-state index contributed by atoms with van der Waals surface area (Å²) >= 11 is 6.04. The zero-order chi connectivity index (χ0) is 21.7. The van der Waals surface area contributed by atoms with E-state index >= 15 is 0 Å². The number of carbonyl (C=O) groups is 2. The van der Waals surface area contributed by atoms with Crippen LogP contribution in [0.5, 0.6) is 5.75 Å². The number of aromatic amines is 1. The van der Waals surface area contributed by atoms with Gasteiger partial charge in [-0.1, -0.05) is 23.7 Å². The first-order valence-electron chi connectivity index (χ1n) is 9.94. The molecule has 8 nitrogen and oxygen atoms in total. The minimum Gasteiger partial charge on any atom is -0.492 e. The molecule has 2 N–H and O–H groups in total. The van der Waals surface area contributed by atoms with Gasteiger partial charge >= 0.3 is 6.09 Å². The number of nitrogens with one attached hydrogen (secondary N) is 2. The van der Waals surface area contributed by atoms with Crippen LogP contribution in [0.15, 0.2) is 24.3 Å². The monoisotopic (exact) mass is 434 g/mol. The fourth-order valence-corrected chi connectivity index (χ4v) is 3.27. The van der Waals surface area contributed by atoms with Crippen LogP contribution >= 0.6 is 11.6 Å². The third kappa shape index (κ3) is 5.89. The van der Waals surface area contributed by atoms with Gasteiger partial charge in [0.25, 0.3) is 0 Å². The molecule has 0 fully saturated rings. The van der Waals surface area contributed by atoms with E-state index in [0.717, 1.165) is 11.3 Å². The summed E-state index contributed by atoms with van der Waals surface area (Å²) in [7, 11) is 0. The number of H-pyrrole nitrogens is 1. The van der Waals surface area contributed by atoms with E-state index in [2.05, 4.69) is 15.5 Å². The van der Waals surface area contributed by atoms with Gasteiger partial charge in [0, 0.05) is 18.5 Å². The Bertz CT molecular complexity index is 907. The lowest BCUT2D eigenvalue weighted by Crippen LogP contribution is -2.39. The molecule has 0 bridgehead atoms. The summed E-state index contributed by atoms with van der Waals surface area (Å²) in [5, 5.41) is 10.5. The summed E-state index contributed by atoms with van der Waals surface area (Å²) < 4.78 is 11.0. The molecular weight excluding hydrogens is 408 g/mol. The van der Waals surface area contributed by atoms with Gasteiger partial charge in [0.1, 0.15) is 11.4 Å². The van der Waals surface area contributed by atoms with E-state index in [4.69, 9.17) is 21.1 Å². The molecule has 1 aromatic heterocycles. The Labute approximate surface area is 180 Å². The van der Waals surface area contributed by atoms with Crippen LogP contribution in [-0.2, 0) is 22.5 Å². The maximum Gasteiger partial charge on any atom is 0.410 e. The standard InChI is InChI=1S/C21H27ClN4O4/c1-21(2,3)30-20(28)26-11-10-14-16(13-26)24-25-19(14)23-18(27)9-6-12-29-17-8-5-4-7-15(17)22/h4-5,7-8H,6,9-13H2,1-3H3,(H2,23,24,25,27). The molecular formula is C21H27ClN4O4. The summed E-state index contributed by atoms with van der Waals surface area (Å²) in [4.78, 5) is 26.2. The molecule has 1 aliphatic rings. The molecule has 1 aromatic carbocycles. The number of nitrogens with zero attached hydrogens (tertiary/aromatic N) is 2. The van der Waals surface area contributed by atoms with Crippen molar-refractivity contribution in [1.82, 2.24) is 15.1 Å². The number of ether oxygens (including phenoxy) is 2. The Hall–Kier alpha value is -2.74. The van der Waals surface area contributed by atoms with Crippen LogP contribution < -0.4 is 10.1 Å². The van der Waals surface area contributed by atoms with Gasteiger partial charge in [-0.15, -0.1) is 0 Å². The second kappa shape index (κ2) is 9.38. The Morgan fingerprint density at radius 3 is 2.80 bits per heavy atom. The average molecular weight is 435 g/mol. The molecule has 2 amide bonds. The Balaban J connectivity index is 1.46. The van der Waals surface area contributed by atoms with Gasteiger partial charge in [-0.3, -0.25) is 9.89 Å². The first-order chi connectivity index (χ1) is 14.2. The molecule has 0 aliphatic carbocycles. The van der Waals surface area contributed by atoms with Crippen molar-refractivity contribution in [3.8, 4) is 5.75 Å². The summed E-state index contributed by atoms with van der Waals surface area (Å²) in [6, 6.07) is 7.23. The van der Waals surface area contributed by atoms with Crippen LogP contribution in [0.25, 0.3) is 0 Å². The van der Waals surface area contributed by atoms with E-state index < -0.39 is 5.60 Å². The lowest BCUT2D eigenvalue weighted by Gasteiger charge is -2.29. The van der Waals surface area contributed by atoms with Crippen LogP contribution in [0.3, 0.4) is 0 Å². The number of rotatable bonds is 6. The number of amides is 2. The van der Waals surface area contributed by atoms with Crippen LogP contribution in [0.1, 0.15) is 44.9 Å². The van der Waals surface area contributed by atoms with Gasteiger partial charge < -0.3 is 19.7 Å². The second-order valence-corrected chi connectivity index (χ2v) is 8.52. The van der Waals surface area contributed by atoms with E-state index in [-0.39, 0.29) is 12.0 Å². The number of para-hydroxylation sites is 1. The first kappa shape index (κ1) is 22.0. The van der Waals surface area contributed by atoms with Crippen molar-refractivity contribution in [3.63, 3.8) is 0 Å². The molecule has 1 aliphatic heterocycles. The van der Waals surface area contributed by atoms with Crippen molar-refractivity contribution < 1.29 is 19.1 Å². The highest BCUT2D eigenvalue weighted by atomic mass is 35.5. The second-order valence-electron chi connectivity index (χ2n) is 8.11. The Morgan fingerprint density at radius 1 is 1.30 bits per heavy atom. The number of fused-ring (bicyclic) bond motifs is 1. The summed E-state index contributed by atoms with van der Waals surface area (Å²) in [6.45, 7) is 6.78. The molecule has 2 heterocycles. The topological polar surface area (TPSA) is 96.6 Å². The van der Waals surface area contributed by atoms with Gasteiger partial charge in [-0.05, 0) is 45.7 Å². The predicted octanol–water partition coefficient (Wildman–Crippen LogP) is 4.15. The number of halogens is 1. The fraction of sp³-hybridized carbons (Fsp3) is 0.476. The van der Waals surface area contributed by atoms with Crippen molar-refractivity contribution >= 4 is 29.4 Å². The van der Waals surface area contributed by atoms with Crippen LogP contribution in [0.4, 0.5) is 10.6 Å². The third-order valence-corrected chi connectivity index (χ3v) is 4.80. The smallest absolute Gasteiger partial charge is 0.410 e. The number of anilines is 1. The molecule has 0 spiro atoms. The average Bonchev–Trinajstić information content (AvgIpc) is 3.07. The lowest BCUT2D eigenvalue weighted by molar-refractivity contribution is -0.116. The molecule has 30 heavy (non-hydrogen) atoms. The summed E-state index contributed by atoms with van der Waals surface area (Å²) in [5.74, 6) is 0.989. The molecule has 2 aromatic rings. The molecule has 0 radical (unpaired) electrons. The SMILES string of the molecule is CC(C)(C)OC(=O)N1CCc2c(NC(=O)CCCOc3ccccc3Cl)n[nH]c2C1. The minimum absolute atomic E-state index is 0.137. The maximum atomic E-state index is 12.3. The van der Waals surface area contributed by atoms with Crippen molar-refractivity contribution in [2.45, 2.75) is 52.2 Å². The van der Waals surface area contributed by atoms with E-state index in [1.54, 1.807) is 17.0 Å². The van der Waals surface area contributed by atoms with E-state index in [9.17, 15) is 9.59 Å². The summed E-state index contributed by atoms with van der Waals surface area (Å²) in [6.07, 6.45) is 1.09. The number of carbonyl (C=O) groups excluding carboxylic acids is 2. The number of benzene rings is 1. The van der Waals surface area contributed by atoms with Gasteiger partial charge in [-0.2, -0.15) is 5.10 Å². The molecule has 162 valence electrons. The Kier molecular flexibility index (Phi) is 6.87. The normalized spacial score (nSPS) is 13.5. The number of hydrogen-bond acceptors (Lipinski definition) is 5. The van der Waals surface area contributed by atoms with Crippen LogP contribution in [0, 0.1) is 0 Å². The molecule has 0 atom stereocenters. The minimum atomic E-state index is -0.542. The third-order valence-electron chi connectivity index (χ3n) is 4.49. The maximum absolute atomic E-state index is 12.3. The largest absolute Gasteiger partial charge is 0.492 e. The molecule has 0 saturated carbocycles. The van der Waals surface area contributed by atoms with Gasteiger partial charge in [-0.25, -0.2) is 4.79 Å². The molecule has 0 unspecified atom stereocenters. The highest BCUT2D eigenvalue weighted by Gasteiger charge is 2.28. The Morgan fingerprint density at radius 2 is 2.07 bits per heavy atom. The number of aromatic nitrogens is 2. The molecule has 3 rings (SSSR count). The van der Waals surface area contributed by atoms with E-state index in [1.807, 2.05) is 32.9 Å². The van der Waals surface area contributed by atoms with Gasteiger partial charge in [0.15, 0.2) is 5.82 Å². The lowest BCUT2D eigenvalue weighted by atomic mass is 10.1. The van der Waals surface area contributed by atoms with E-state index in [1.165, 1.54) is 0 Å². The van der Waals surface area contributed by atoms with Crippen LogP contribution in [0.2, 0.25) is 5.02 Å². The zero-order valence-electron chi connectivity index (χ0n) is 17.5. The zero-order valence-corrected chi connectivity index (χ0v) is 18.2. The molecule has 0 saturated heterocycles. The first-order valence-corrected chi connectivity index (χ1v) is 10.3. The fourth-order valence-electron chi connectivity index (χ4n) is 3.07. The highest BCUT2D eigenvalue weighted by molar-refractivity contribution is 6.32. The number of hydrogen-bond donors (Lipinski definition) is 2. The van der Waals surface area contributed by atoms with Gasteiger partial charge in [0.2, 0.25) is 5.91 Å². The van der Waals surface area contributed by atoms with Crippen LogP contribution in [-0.4, -0.2) is 45.9 Å². The van der Waals surface area contributed by atoms with Crippen molar-refractivity contribution in [1.29, 1.82) is 0 Å². The van der Waals surface area contributed by atoms with Crippen molar-refractivity contribution in [2.24, 2.45) is 0 Å². The van der Waals surface area contributed by atoms with Gasteiger partial charge in [0.05, 0.1) is 23.9 Å². The van der Waals surface area contributed by atoms with Crippen molar-refractivity contribution in [2.75, 3.05) is 18.5 Å². The molecule has 9 heteroatoms. The summed E-state index contributed by atoms with van der Waals surface area (Å²) in [5.41, 5.74) is 1.19.